The molecule has 4 heteroatoms. The van der Waals surface area contributed by atoms with Crippen molar-refractivity contribution in [2.24, 2.45) is 0 Å². The number of rotatable bonds is 6. The van der Waals surface area contributed by atoms with Crippen LogP contribution < -0.4 is 5.32 Å². The van der Waals surface area contributed by atoms with Crippen molar-refractivity contribution in [1.82, 2.24) is 5.32 Å². The molecule has 0 aliphatic rings. The van der Waals surface area contributed by atoms with Gasteiger partial charge < -0.3 is 10.1 Å². The molecule has 1 amide bonds. The van der Waals surface area contributed by atoms with Crippen LogP contribution in [0.2, 0.25) is 0 Å². The molecule has 3 nitrogen and oxygen atoms in total. The predicted molar refractivity (Wildman–Crippen MR) is 67.9 cm³/mol. The first kappa shape index (κ1) is 13.2. The van der Waals surface area contributed by atoms with Gasteiger partial charge in [0.1, 0.15) is 0 Å². The number of carbonyl (C=O) groups is 1. The number of amides is 1. The van der Waals surface area contributed by atoms with E-state index < -0.39 is 0 Å². The van der Waals surface area contributed by atoms with Crippen molar-refractivity contribution in [3.8, 4) is 0 Å². The summed E-state index contributed by atoms with van der Waals surface area (Å²) in [6.45, 7) is 1.32. The fourth-order valence-corrected chi connectivity index (χ4v) is 1.64. The van der Waals surface area contributed by atoms with Crippen molar-refractivity contribution < 1.29 is 9.53 Å². The Bertz CT molecular complexity index is 324. The minimum atomic E-state index is -0.0303. The van der Waals surface area contributed by atoms with E-state index >= 15 is 0 Å². The van der Waals surface area contributed by atoms with Crippen LogP contribution in [0.4, 0.5) is 0 Å². The number of carbonyl (C=O) groups excluding carboxylic acids is 1. The summed E-state index contributed by atoms with van der Waals surface area (Å²) in [6.07, 6.45) is 0.835. The Balaban J connectivity index is 2.40. The van der Waals surface area contributed by atoms with Gasteiger partial charge in [0, 0.05) is 31.2 Å². The number of hydrogen-bond donors (Lipinski definition) is 1. The summed E-state index contributed by atoms with van der Waals surface area (Å²) in [7, 11) is 1.65. The molecule has 0 saturated carbocycles. The van der Waals surface area contributed by atoms with Crippen LogP contribution in [0.25, 0.3) is 0 Å². The second-order valence-electron chi connectivity index (χ2n) is 3.43. The molecule has 0 unspecified atom stereocenters. The SMILES string of the molecule is COCCCNC(=O)c1ccc(CBr)cc1. The average molecular weight is 286 g/mol. The molecule has 0 spiro atoms. The summed E-state index contributed by atoms with van der Waals surface area (Å²) >= 11 is 3.36. The third kappa shape index (κ3) is 4.33. The lowest BCUT2D eigenvalue weighted by molar-refractivity contribution is 0.0948. The molecule has 0 bridgehead atoms. The van der Waals surface area contributed by atoms with Crippen LogP contribution in [-0.4, -0.2) is 26.2 Å². The maximum atomic E-state index is 11.6. The van der Waals surface area contributed by atoms with Gasteiger partial charge in [-0.3, -0.25) is 4.79 Å². The number of ether oxygens (including phenoxy) is 1. The molecule has 0 fully saturated rings. The van der Waals surface area contributed by atoms with Crippen LogP contribution in [0.5, 0.6) is 0 Å². The van der Waals surface area contributed by atoms with E-state index in [1.807, 2.05) is 24.3 Å². The Morgan fingerprint density at radius 2 is 2.06 bits per heavy atom. The molecule has 0 radical (unpaired) electrons. The fourth-order valence-electron chi connectivity index (χ4n) is 1.27. The van der Waals surface area contributed by atoms with Gasteiger partial charge in [-0.2, -0.15) is 0 Å². The first-order chi connectivity index (χ1) is 7.77. The molecule has 1 N–H and O–H groups in total. The van der Waals surface area contributed by atoms with Crippen LogP contribution in [0.15, 0.2) is 24.3 Å². The standard InChI is InChI=1S/C12H16BrNO2/c1-16-8-2-7-14-12(15)11-5-3-10(9-13)4-6-11/h3-6H,2,7-9H2,1H3,(H,14,15). The number of benzene rings is 1. The van der Waals surface area contributed by atoms with Crippen molar-refractivity contribution in [3.63, 3.8) is 0 Å². The van der Waals surface area contributed by atoms with Crippen LogP contribution >= 0.6 is 15.9 Å². The largest absolute Gasteiger partial charge is 0.385 e. The summed E-state index contributed by atoms with van der Waals surface area (Å²) < 4.78 is 4.90. The zero-order valence-electron chi connectivity index (χ0n) is 9.33. The highest BCUT2D eigenvalue weighted by Gasteiger charge is 2.03. The van der Waals surface area contributed by atoms with Gasteiger partial charge in [0.05, 0.1) is 0 Å². The summed E-state index contributed by atoms with van der Waals surface area (Å²) in [5.41, 5.74) is 1.86. The molecule has 0 heterocycles. The third-order valence-electron chi connectivity index (χ3n) is 2.18. The number of methoxy groups -OCH3 is 1. The maximum absolute atomic E-state index is 11.6. The van der Waals surface area contributed by atoms with Gasteiger partial charge in [-0.1, -0.05) is 28.1 Å². The third-order valence-corrected chi connectivity index (χ3v) is 2.83. The summed E-state index contributed by atoms with van der Waals surface area (Å²) in [4.78, 5) is 11.6. The number of alkyl halides is 1. The zero-order valence-corrected chi connectivity index (χ0v) is 10.9. The number of hydrogen-bond acceptors (Lipinski definition) is 2. The van der Waals surface area contributed by atoms with E-state index in [0.29, 0.717) is 18.7 Å². The molecule has 0 saturated heterocycles. The van der Waals surface area contributed by atoms with Gasteiger partial charge >= 0.3 is 0 Å². The Hall–Kier alpha value is -0.870. The highest BCUT2D eigenvalue weighted by molar-refractivity contribution is 9.08. The lowest BCUT2D eigenvalue weighted by Crippen LogP contribution is -2.25. The molecule has 1 rings (SSSR count). The fraction of sp³-hybridized carbons (Fsp3) is 0.417. The molecular formula is C12H16BrNO2. The maximum Gasteiger partial charge on any atom is 0.251 e. The normalized spacial score (nSPS) is 10.1. The van der Waals surface area contributed by atoms with Crippen molar-refractivity contribution >= 4 is 21.8 Å². The van der Waals surface area contributed by atoms with E-state index in [-0.39, 0.29) is 5.91 Å². The van der Waals surface area contributed by atoms with Crippen molar-refractivity contribution in [3.05, 3.63) is 35.4 Å². The van der Waals surface area contributed by atoms with Gasteiger partial charge in [-0.15, -0.1) is 0 Å². The quantitative estimate of drug-likeness (QED) is 0.644. The Kier molecular flexibility index (Phi) is 6.11. The van der Waals surface area contributed by atoms with Crippen LogP contribution in [0.3, 0.4) is 0 Å². The molecule has 16 heavy (non-hydrogen) atoms. The Morgan fingerprint density at radius 3 is 2.62 bits per heavy atom. The summed E-state index contributed by atoms with van der Waals surface area (Å²) in [5, 5.41) is 3.65. The highest BCUT2D eigenvalue weighted by Crippen LogP contribution is 2.07. The van der Waals surface area contributed by atoms with Crippen LogP contribution in [0, 0.1) is 0 Å². The van der Waals surface area contributed by atoms with Gasteiger partial charge in [-0.05, 0) is 24.1 Å². The second-order valence-corrected chi connectivity index (χ2v) is 3.99. The zero-order chi connectivity index (χ0) is 11.8. The summed E-state index contributed by atoms with van der Waals surface area (Å²) in [5.74, 6) is -0.0303. The van der Waals surface area contributed by atoms with Gasteiger partial charge in [0.25, 0.3) is 5.91 Å². The molecule has 1 aromatic carbocycles. The average Bonchev–Trinajstić information content (AvgIpc) is 2.34. The highest BCUT2D eigenvalue weighted by atomic mass is 79.9. The topological polar surface area (TPSA) is 38.3 Å². The van der Waals surface area contributed by atoms with Crippen LogP contribution in [-0.2, 0) is 10.1 Å². The van der Waals surface area contributed by atoms with Crippen molar-refractivity contribution in [2.45, 2.75) is 11.8 Å². The van der Waals surface area contributed by atoms with E-state index in [0.717, 1.165) is 17.3 Å². The molecule has 1 aromatic rings. The molecule has 0 aliphatic heterocycles. The Morgan fingerprint density at radius 1 is 1.38 bits per heavy atom. The first-order valence-electron chi connectivity index (χ1n) is 5.20. The smallest absolute Gasteiger partial charge is 0.251 e. The lowest BCUT2D eigenvalue weighted by Gasteiger charge is -2.05. The van der Waals surface area contributed by atoms with E-state index in [1.54, 1.807) is 7.11 Å². The van der Waals surface area contributed by atoms with Gasteiger partial charge in [-0.25, -0.2) is 0 Å². The molecule has 88 valence electrons. The summed E-state index contributed by atoms with van der Waals surface area (Å²) in [6, 6.07) is 7.56. The van der Waals surface area contributed by atoms with Gasteiger partial charge in [0.15, 0.2) is 0 Å². The van der Waals surface area contributed by atoms with E-state index in [1.165, 1.54) is 0 Å². The van der Waals surface area contributed by atoms with E-state index in [2.05, 4.69) is 21.2 Å². The monoisotopic (exact) mass is 285 g/mol. The lowest BCUT2D eigenvalue weighted by atomic mass is 10.1. The van der Waals surface area contributed by atoms with Crippen molar-refractivity contribution in [1.29, 1.82) is 0 Å². The van der Waals surface area contributed by atoms with E-state index in [9.17, 15) is 4.79 Å². The second kappa shape index (κ2) is 7.41. The molecular weight excluding hydrogens is 270 g/mol. The minimum Gasteiger partial charge on any atom is -0.385 e. The van der Waals surface area contributed by atoms with Crippen LogP contribution in [0.1, 0.15) is 22.3 Å². The van der Waals surface area contributed by atoms with Crippen molar-refractivity contribution in [2.75, 3.05) is 20.3 Å². The van der Waals surface area contributed by atoms with E-state index in [4.69, 9.17) is 4.74 Å². The Labute approximate surface area is 104 Å². The number of halogens is 1. The molecule has 0 aromatic heterocycles. The van der Waals surface area contributed by atoms with Gasteiger partial charge in [0.2, 0.25) is 0 Å². The predicted octanol–water partition coefficient (Wildman–Crippen LogP) is 2.35. The minimum absolute atomic E-state index is 0.0303. The first-order valence-corrected chi connectivity index (χ1v) is 6.32. The molecule has 0 aliphatic carbocycles. The number of nitrogens with one attached hydrogen (secondary N) is 1. The molecule has 0 atom stereocenters.